The number of aryl methyl sites for hydroxylation is 1. The highest BCUT2D eigenvalue weighted by Crippen LogP contribution is 2.35. The van der Waals surface area contributed by atoms with Crippen molar-refractivity contribution in [1.29, 1.82) is 0 Å². The quantitative estimate of drug-likeness (QED) is 0.854. The Morgan fingerprint density at radius 3 is 2.62 bits per heavy atom. The van der Waals surface area contributed by atoms with Crippen LogP contribution in [-0.4, -0.2) is 19.6 Å². The van der Waals surface area contributed by atoms with Crippen molar-refractivity contribution < 1.29 is 9.53 Å². The summed E-state index contributed by atoms with van der Waals surface area (Å²) in [5, 5.41) is 0. The van der Waals surface area contributed by atoms with E-state index in [-0.39, 0.29) is 5.97 Å². The second-order valence-corrected chi connectivity index (χ2v) is 5.62. The lowest BCUT2D eigenvalue weighted by Gasteiger charge is -2.05. The van der Waals surface area contributed by atoms with Gasteiger partial charge in [-0.15, -0.1) is 0 Å². The Morgan fingerprint density at radius 2 is 2.00 bits per heavy atom. The van der Waals surface area contributed by atoms with Crippen molar-refractivity contribution in [3.8, 4) is 11.1 Å². The lowest BCUT2D eigenvalue weighted by Crippen LogP contribution is -2.00. The van der Waals surface area contributed by atoms with Gasteiger partial charge in [-0.2, -0.15) is 0 Å². The van der Waals surface area contributed by atoms with Crippen molar-refractivity contribution in [2.24, 2.45) is 5.73 Å². The summed E-state index contributed by atoms with van der Waals surface area (Å²) in [6.45, 7) is 4.95. The van der Waals surface area contributed by atoms with E-state index in [4.69, 9.17) is 10.5 Å². The molecule has 0 heterocycles. The second kappa shape index (κ2) is 6.72. The number of hydrogen-bond acceptors (Lipinski definition) is 3. The minimum Gasteiger partial charge on any atom is -0.465 e. The van der Waals surface area contributed by atoms with Crippen LogP contribution in [0.25, 0.3) is 11.1 Å². The van der Waals surface area contributed by atoms with E-state index in [1.807, 2.05) is 6.07 Å². The topological polar surface area (TPSA) is 52.3 Å². The molecule has 0 atom stereocenters. The van der Waals surface area contributed by atoms with Gasteiger partial charge < -0.3 is 10.5 Å². The van der Waals surface area contributed by atoms with Crippen molar-refractivity contribution in [3.63, 3.8) is 0 Å². The predicted octanol–water partition coefficient (Wildman–Crippen LogP) is 3.59. The molecule has 2 N–H and O–H groups in total. The van der Waals surface area contributed by atoms with Gasteiger partial charge in [0.2, 0.25) is 0 Å². The molecule has 0 spiro atoms. The smallest absolute Gasteiger partial charge is 0.338 e. The molecule has 0 bridgehead atoms. The summed E-state index contributed by atoms with van der Waals surface area (Å²) in [5.74, 6) is 0.133. The van der Waals surface area contributed by atoms with Crippen molar-refractivity contribution in [1.82, 2.24) is 0 Å². The van der Waals surface area contributed by atoms with Gasteiger partial charge in [-0.25, -0.2) is 4.79 Å². The molecule has 3 nitrogen and oxygen atoms in total. The average molecular weight is 285 g/mol. The Bertz CT molecular complexity index is 605. The van der Waals surface area contributed by atoms with Crippen LogP contribution < -0.4 is 5.73 Å². The lowest BCUT2D eigenvalue weighted by molar-refractivity contribution is 0.0602. The first kappa shape index (κ1) is 15.5. The fraction of sp³-hybridized carbons (Fsp3) is 0.389. The van der Waals surface area contributed by atoms with Crippen LogP contribution in [0.1, 0.15) is 47.7 Å². The predicted molar refractivity (Wildman–Crippen MR) is 85.9 cm³/mol. The number of nitrogens with two attached hydrogens (primary N) is 1. The third-order valence-corrected chi connectivity index (χ3v) is 3.83. The van der Waals surface area contributed by atoms with Gasteiger partial charge in [0, 0.05) is 0 Å². The molecule has 0 fully saturated rings. The lowest BCUT2D eigenvalue weighted by atomic mass is 10.0. The summed E-state index contributed by atoms with van der Waals surface area (Å²) in [5.41, 5.74) is 10.7. The number of rotatable bonds is 5. The molecule has 0 aromatic carbocycles. The maximum absolute atomic E-state index is 12.1. The minimum atomic E-state index is -0.278. The van der Waals surface area contributed by atoms with Crippen LogP contribution in [0.5, 0.6) is 0 Å². The van der Waals surface area contributed by atoms with Gasteiger partial charge in [0.1, 0.15) is 0 Å². The van der Waals surface area contributed by atoms with Crippen molar-refractivity contribution >= 4 is 5.97 Å². The third kappa shape index (κ3) is 3.24. The number of methoxy groups -OCH3 is 1. The normalized spacial score (nSPS) is 11.1. The van der Waals surface area contributed by atoms with Gasteiger partial charge in [0.05, 0.1) is 12.7 Å². The molecule has 0 unspecified atom stereocenters. The van der Waals surface area contributed by atoms with Gasteiger partial charge in [0.15, 0.2) is 0 Å². The molecule has 0 aromatic rings. The first-order chi connectivity index (χ1) is 10.1. The third-order valence-electron chi connectivity index (χ3n) is 3.83. The molecule has 21 heavy (non-hydrogen) atoms. The molecule has 0 aliphatic heterocycles. The SMILES string of the molecule is COC(=O)c1cc(CCCN)c2cccc(C(C)C)cc1-2. The zero-order valence-electron chi connectivity index (χ0n) is 13.0. The van der Waals surface area contributed by atoms with E-state index in [0.29, 0.717) is 18.0 Å². The summed E-state index contributed by atoms with van der Waals surface area (Å²) >= 11 is 0. The van der Waals surface area contributed by atoms with E-state index in [1.165, 1.54) is 18.2 Å². The van der Waals surface area contributed by atoms with Crippen molar-refractivity contribution in [2.75, 3.05) is 13.7 Å². The zero-order valence-corrected chi connectivity index (χ0v) is 13.0. The first-order valence-corrected chi connectivity index (χ1v) is 7.42. The number of esters is 1. The number of carbonyl (C=O) groups excluding carboxylic acids is 1. The molecule has 3 heteroatoms. The average Bonchev–Trinajstić information content (AvgIpc) is 2.67. The zero-order chi connectivity index (χ0) is 15.4. The van der Waals surface area contributed by atoms with Crippen LogP contribution in [-0.2, 0) is 11.2 Å². The largest absolute Gasteiger partial charge is 0.465 e. The second-order valence-electron chi connectivity index (χ2n) is 5.62. The monoisotopic (exact) mass is 285 g/mol. The van der Waals surface area contributed by atoms with Crippen LogP contribution in [0.15, 0.2) is 30.3 Å². The molecule has 0 saturated carbocycles. The first-order valence-electron chi connectivity index (χ1n) is 7.42. The van der Waals surface area contributed by atoms with Crippen LogP contribution in [0, 0.1) is 0 Å². The molecular formula is C18H23NO2. The highest BCUT2D eigenvalue weighted by atomic mass is 16.5. The molecule has 0 aromatic heterocycles. The fourth-order valence-corrected chi connectivity index (χ4v) is 2.61. The van der Waals surface area contributed by atoms with Crippen molar-refractivity contribution in [3.05, 3.63) is 47.0 Å². The van der Waals surface area contributed by atoms with E-state index < -0.39 is 0 Å². The van der Waals surface area contributed by atoms with E-state index in [1.54, 1.807) is 0 Å². The maximum atomic E-state index is 12.1. The van der Waals surface area contributed by atoms with Crippen LogP contribution in [0.3, 0.4) is 0 Å². The standard InChI is InChI=1S/C18H23NO2/c1-12(2)13-6-4-8-15-14(7-5-9-19)11-17(16(15)10-13)18(20)21-3/h4,6,8,10-12H,5,7,9,19H2,1-3H3. The molecule has 2 aliphatic carbocycles. The van der Waals surface area contributed by atoms with Gasteiger partial charge in [-0.1, -0.05) is 38.1 Å². The van der Waals surface area contributed by atoms with Gasteiger partial charge in [-0.05, 0) is 53.6 Å². The van der Waals surface area contributed by atoms with Crippen LogP contribution in [0.2, 0.25) is 0 Å². The Morgan fingerprint density at radius 1 is 1.24 bits per heavy atom. The molecular weight excluding hydrogens is 262 g/mol. The number of ether oxygens (including phenoxy) is 1. The summed E-state index contributed by atoms with van der Waals surface area (Å²) < 4.78 is 4.93. The highest BCUT2D eigenvalue weighted by Gasteiger charge is 2.20. The summed E-state index contributed by atoms with van der Waals surface area (Å²) in [7, 11) is 1.42. The Hall–Kier alpha value is -1.87. The molecule has 2 rings (SSSR count). The molecule has 0 saturated heterocycles. The van der Waals surface area contributed by atoms with Crippen LogP contribution >= 0.6 is 0 Å². The molecule has 0 radical (unpaired) electrons. The van der Waals surface area contributed by atoms with E-state index >= 15 is 0 Å². The number of carbonyl (C=O) groups is 1. The maximum Gasteiger partial charge on any atom is 0.338 e. The summed E-state index contributed by atoms with van der Waals surface area (Å²) in [6, 6.07) is 10.3. The van der Waals surface area contributed by atoms with E-state index in [0.717, 1.165) is 24.0 Å². The Balaban J connectivity index is 2.59. The minimum absolute atomic E-state index is 0.278. The Kier molecular flexibility index (Phi) is 4.97. The Labute approximate surface area is 126 Å². The van der Waals surface area contributed by atoms with Gasteiger partial charge >= 0.3 is 5.97 Å². The number of fused-ring (bicyclic) bond motifs is 1. The van der Waals surface area contributed by atoms with Crippen molar-refractivity contribution in [2.45, 2.75) is 32.6 Å². The van der Waals surface area contributed by atoms with Crippen LogP contribution in [0.4, 0.5) is 0 Å². The molecule has 2 aliphatic rings. The fourth-order valence-electron chi connectivity index (χ4n) is 2.61. The molecule has 112 valence electrons. The highest BCUT2D eigenvalue weighted by molar-refractivity contribution is 6.00. The summed E-state index contributed by atoms with van der Waals surface area (Å²) in [4.78, 5) is 12.1. The molecule has 0 amide bonds. The number of hydrogen-bond donors (Lipinski definition) is 1. The van der Waals surface area contributed by atoms with Gasteiger partial charge in [-0.3, -0.25) is 0 Å². The summed E-state index contributed by atoms with van der Waals surface area (Å²) in [6.07, 6.45) is 1.79. The van der Waals surface area contributed by atoms with Gasteiger partial charge in [0.25, 0.3) is 0 Å². The van der Waals surface area contributed by atoms with E-state index in [2.05, 4.69) is 38.1 Å². The van der Waals surface area contributed by atoms with E-state index in [9.17, 15) is 4.79 Å².